The number of fused-ring (bicyclic) bond motifs is 1. The first-order valence-corrected chi connectivity index (χ1v) is 38.2. The largest absolute Gasteiger partial charge is 0.508 e. The van der Waals surface area contributed by atoms with E-state index in [0.717, 1.165) is 5.69 Å². The van der Waals surface area contributed by atoms with Crippen molar-refractivity contribution in [2.75, 3.05) is 79.0 Å². The molecule has 0 bridgehead atoms. The summed E-state index contributed by atoms with van der Waals surface area (Å²) in [6.45, 7) is 3.08. The van der Waals surface area contributed by atoms with Gasteiger partial charge in [-0.15, -0.1) is 5.10 Å². The molecular formula is C76H104N20O21. The van der Waals surface area contributed by atoms with E-state index in [1.807, 2.05) is 0 Å². The molecule has 634 valence electrons. The third-order valence-corrected chi connectivity index (χ3v) is 18.3. The van der Waals surface area contributed by atoms with Gasteiger partial charge in [-0.2, -0.15) is 0 Å². The highest BCUT2D eigenvalue weighted by Gasteiger charge is 2.40. The van der Waals surface area contributed by atoms with E-state index in [1.54, 1.807) is 67.3 Å². The van der Waals surface area contributed by atoms with Crippen LogP contribution in [-0.2, 0) is 104 Å². The number of aliphatic carboxylic acids is 1. The lowest BCUT2D eigenvalue weighted by molar-refractivity contribution is -0.142. The number of guanidine groups is 1. The number of carboxylic acid groups (broad SMARTS) is 2. The summed E-state index contributed by atoms with van der Waals surface area (Å²) < 4.78 is 24.1. The lowest BCUT2D eigenvalue weighted by Gasteiger charge is -2.30. The second kappa shape index (κ2) is 47.9. The number of nitrogens with two attached hydrogens (primary N) is 2. The second-order valence-electron chi connectivity index (χ2n) is 27.9. The average molecular weight is 1630 g/mol. The molecule has 41 heteroatoms. The second-order valence-corrected chi connectivity index (χ2v) is 27.9. The molecule has 1 fully saturated rings. The number of hydrogen-bond acceptors (Lipinski definition) is 23. The molecule has 0 spiro atoms. The Morgan fingerprint density at radius 1 is 0.632 bits per heavy atom. The summed E-state index contributed by atoms with van der Waals surface area (Å²) in [7, 11) is 0. The number of para-hydroxylation sites is 1. The minimum absolute atomic E-state index is 0.0108. The average Bonchev–Trinajstić information content (AvgIpc) is 1.68. The summed E-state index contributed by atoms with van der Waals surface area (Å²) in [4.78, 5) is 187. The van der Waals surface area contributed by atoms with E-state index < -0.39 is 158 Å². The Kier molecular flexibility index (Phi) is 37.5. The van der Waals surface area contributed by atoms with E-state index in [-0.39, 0.29) is 126 Å². The number of hydrogen-bond donors (Lipinski definition) is 19. The van der Waals surface area contributed by atoms with Crippen molar-refractivity contribution >= 4 is 93.8 Å². The summed E-state index contributed by atoms with van der Waals surface area (Å²) in [5, 5.41) is 81.8. The van der Waals surface area contributed by atoms with Crippen molar-refractivity contribution in [1.82, 2.24) is 88.0 Å². The van der Waals surface area contributed by atoms with Crippen molar-refractivity contribution in [2.45, 2.75) is 152 Å². The molecule has 1 aliphatic heterocycles. The van der Waals surface area contributed by atoms with Crippen LogP contribution in [0, 0.1) is 11.3 Å². The zero-order valence-corrected chi connectivity index (χ0v) is 64.9. The lowest BCUT2D eigenvalue weighted by Crippen LogP contribution is -2.61. The number of aromatic hydroxyl groups is 1. The van der Waals surface area contributed by atoms with Gasteiger partial charge in [0.2, 0.25) is 65.0 Å². The fourth-order valence-corrected chi connectivity index (χ4v) is 12.4. The first-order valence-electron chi connectivity index (χ1n) is 38.2. The monoisotopic (exact) mass is 1630 g/mol. The minimum Gasteiger partial charge on any atom is -0.508 e. The van der Waals surface area contributed by atoms with Crippen molar-refractivity contribution in [1.29, 1.82) is 5.41 Å². The number of phenolic OH excluding ortho intramolecular Hbond substituents is 1. The maximum Gasteiger partial charge on any atom is 0.335 e. The van der Waals surface area contributed by atoms with Gasteiger partial charge >= 0.3 is 11.9 Å². The molecule has 41 nitrogen and oxygen atoms in total. The molecule has 8 atom stereocenters. The third kappa shape index (κ3) is 31.9. The van der Waals surface area contributed by atoms with Crippen LogP contribution >= 0.6 is 0 Å². The van der Waals surface area contributed by atoms with Crippen molar-refractivity contribution in [3.05, 3.63) is 126 Å². The number of aliphatic hydroxyl groups is 1. The molecule has 3 aromatic heterocycles. The summed E-state index contributed by atoms with van der Waals surface area (Å²) >= 11 is 0. The molecule has 1 saturated heterocycles. The number of carboxylic acids is 2. The molecule has 1 aliphatic rings. The van der Waals surface area contributed by atoms with Crippen LogP contribution in [0.3, 0.4) is 0 Å². The molecule has 3 aromatic carbocycles. The van der Waals surface area contributed by atoms with E-state index in [1.165, 1.54) is 53.8 Å². The van der Waals surface area contributed by atoms with Crippen LogP contribution in [-0.4, -0.2) is 266 Å². The molecule has 0 aliphatic carbocycles. The number of nitrogens with one attached hydrogen (secondary N) is 13. The van der Waals surface area contributed by atoms with E-state index in [2.05, 4.69) is 78.4 Å². The number of imidazole rings is 1. The van der Waals surface area contributed by atoms with Gasteiger partial charge in [-0.3, -0.25) is 62.9 Å². The first kappa shape index (κ1) is 91.6. The van der Waals surface area contributed by atoms with Crippen molar-refractivity contribution in [3.8, 4) is 11.5 Å². The number of amides is 11. The SMILES string of the molecule is CC(C)CC(NC(=O)CNC(=O)C(Cc1ccc(O)cc1)NC(=O)C(CO)NC(=O)C(Cc1c[nH]c2ccccc12)NC(=O)C(Cc1c[nH]cn1)NC(=O)C(CCC(=O)O)NC(=O)CCOCCOCCOCCn1cc(CCCOc2cccc(C(=O)O)c2)nn1)C(=O)NC(CCCNC(=N)N)C(=O)N1CCCC1C(=O)NCC(N)=O. The number of H-pyrrole nitrogens is 2. The third-order valence-electron chi connectivity index (χ3n) is 18.3. The standard InChI is InChI=1S/C76H104N20O21/c1-45(2)33-57(69(106)88-56(14-6-23-81-76(78)79)74(111)96-24-7-15-62(96)73(110)83-40-63(77)99)87-65(101)41-84-67(104)58(34-46-16-18-51(98)19-17-46)89-72(109)61(43-97)92-70(107)59(36-48-38-82-54-13-4-3-12-53(48)54)90-71(108)60(37-50-39-80-44-85-50)91-68(105)55(20-21-66(102)103)86-64(100)22-27-114-29-31-116-32-30-115-28-25-95-42-49(93-94-95)10-8-26-117-52-11-5-9-47(35-52)75(112)113/h3-5,9,11-13,16-19,35,38-39,42,44-45,55-62,82,97-98H,6-8,10,14-15,20-34,36-37,40-41,43H2,1-2H3,(H2,77,99)(H,80,85)(H,83,110)(H,84,104)(H,86,100)(H,87,101)(H,88,106)(H,89,109)(H,90,108)(H,91,105)(H,92,107)(H,102,103)(H,112,113)(H4,78,79,81). The smallest absolute Gasteiger partial charge is 0.335 e. The number of aliphatic hydroxyl groups excluding tert-OH is 1. The van der Waals surface area contributed by atoms with Gasteiger partial charge in [0, 0.05) is 74.7 Å². The molecule has 7 rings (SSSR count). The first-order chi connectivity index (χ1) is 56.1. The number of aromatic amines is 2. The number of benzene rings is 3. The molecule has 0 radical (unpaired) electrons. The van der Waals surface area contributed by atoms with Gasteiger partial charge in [0.25, 0.3) is 0 Å². The Morgan fingerprint density at radius 2 is 1.28 bits per heavy atom. The highest BCUT2D eigenvalue weighted by atomic mass is 16.5. The van der Waals surface area contributed by atoms with E-state index in [4.69, 9.17) is 35.8 Å². The maximum absolute atomic E-state index is 14.8. The number of phenols is 1. The van der Waals surface area contributed by atoms with Gasteiger partial charge in [-0.25, -0.2) is 14.5 Å². The molecular weight excluding hydrogens is 1530 g/mol. The molecule has 117 heavy (non-hydrogen) atoms. The zero-order valence-electron chi connectivity index (χ0n) is 64.9. The topological polar surface area (TPSA) is 614 Å². The van der Waals surface area contributed by atoms with Gasteiger partial charge in [0.05, 0.1) is 95.8 Å². The van der Waals surface area contributed by atoms with Crippen molar-refractivity contribution in [2.24, 2.45) is 17.4 Å². The highest BCUT2D eigenvalue weighted by molar-refractivity contribution is 5.99. The molecule has 8 unspecified atom stereocenters. The van der Waals surface area contributed by atoms with Crippen LogP contribution in [0.1, 0.15) is 105 Å². The molecule has 6 aromatic rings. The van der Waals surface area contributed by atoms with Crippen LogP contribution in [0.4, 0.5) is 0 Å². The normalized spacial score (nSPS) is 14.3. The number of aryl methyl sites for hydroxylation is 1. The summed E-state index contributed by atoms with van der Waals surface area (Å²) in [5.74, 6) is -12.2. The summed E-state index contributed by atoms with van der Waals surface area (Å²) in [6.07, 6.45) is 5.98. The Balaban J connectivity index is 0.949. The van der Waals surface area contributed by atoms with Crippen molar-refractivity contribution in [3.63, 3.8) is 0 Å². The number of primary amides is 1. The Hall–Kier alpha value is -12.6. The number of carbonyl (C=O) groups is 13. The minimum atomic E-state index is -1.86. The maximum atomic E-state index is 14.8. The van der Waals surface area contributed by atoms with Gasteiger partial charge < -0.3 is 119 Å². The molecule has 21 N–H and O–H groups in total. The summed E-state index contributed by atoms with van der Waals surface area (Å²) in [5.41, 5.74) is 13.3. The number of nitrogens with zero attached hydrogens (tertiary/aromatic N) is 5. The lowest BCUT2D eigenvalue weighted by atomic mass is 10.0. The number of aromatic carboxylic acids is 1. The Bertz CT molecular complexity index is 4310. The van der Waals surface area contributed by atoms with E-state index >= 15 is 0 Å². The van der Waals surface area contributed by atoms with Gasteiger partial charge in [0.15, 0.2) is 5.96 Å². The van der Waals surface area contributed by atoms with Crippen LogP contribution in [0.2, 0.25) is 0 Å². The number of carbonyl (C=O) groups excluding carboxylic acids is 11. The summed E-state index contributed by atoms with van der Waals surface area (Å²) in [6, 6.07) is 6.97. The molecule has 0 saturated carbocycles. The fourth-order valence-electron chi connectivity index (χ4n) is 12.4. The van der Waals surface area contributed by atoms with Gasteiger partial charge in [0.1, 0.15) is 59.8 Å². The van der Waals surface area contributed by atoms with Crippen molar-refractivity contribution < 1.29 is 102 Å². The highest BCUT2D eigenvalue weighted by Crippen LogP contribution is 2.23. The van der Waals surface area contributed by atoms with E-state index in [0.29, 0.717) is 66.8 Å². The van der Waals surface area contributed by atoms with Gasteiger partial charge in [-0.05, 0) is 105 Å². The predicted molar refractivity (Wildman–Crippen MR) is 416 cm³/mol. The van der Waals surface area contributed by atoms with Gasteiger partial charge in [-0.1, -0.05) is 55.5 Å². The Labute approximate surface area is 672 Å². The fraction of sp³-hybridized carbons (Fsp3) is 0.487. The van der Waals surface area contributed by atoms with Crippen LogP contribution < -0.4 is 69.4 Å². The number of aromatic nitrogens is 6. The van der Waals surface area contributed by atoms with Crippen LogP contribution in [0.5, 0.6) is 11.5 Å². The Morgan fingerprint density at radius 3 is 1.96 bits per heavy atom. The van der Waals surface area contributed by atoms with Crippen LogP contribution in [0.25, 0.3) is 10.9 Å². The molecule has 4 heterocycles. The predicted octanol–water partition coefficient (Wildman–Crippen LogP) is -2.67. The molecule has 11 amide bonds. The number of rotatable bonds is 53. The number of likely N-dealkylation sites (tertiary alicyclic amines) is 1. The van der Waals surface area contributed by atoms with E-state index in [9.17, 15) is 82.8 Å². The zero-order chi connectivity index (χ0) is 84.8. The van der Waals surface area contributed by atoms with Crippen LogP contribution in [0.15, 0.2) is 97.7 Å². The quantitative estimate of drug-likeness (QED) is 0.0105. The number of ether oxygens (including phenoxy) is 4.